The van der Waals surface area contributed by atoms with Gasteiger partial charge in [0.1, 0.15) is 0 Å². The Morgan fingerprint density at radius 2 is 1.83 bits per heavy atom. The maximum atomic E-state index is 12.5. The van der Waals surface area contributed by atoms with Gasteiger partial charge in [-0.3, -0.25) is 9.59 Å². The van der Waals surface area contributed by atoms with E-state index in [1.807, 2.05) is 0 Å². The topological polar surface area (TPSA) is 74.8 Å². The number of anilines is 1. The number of halogens is 1. The van der Waals surface area contributed by atoms with Gasteiger partial charge in [0.15, 0.2) is 5.82 Å². The molecule has 0 saturated carbocycles. The number of hydrogen-bond donors (Lipinski definition) is 2. The zero-order chi connectivity index (χ0) is 16.2. The fraction of sp³-hybridized carbons (Fsp3) is 0. The van der Waals surface area contributed by atoms with Gasteiger partial charge in [-0.25, -0.2) is 4.98 Å². The highest BCUT2D eigenvalue weighted by atomic mass is 35.5. The van der Waals surface area contributed by atoms with E-state index in [1.165, 1.54) is 6.20 Å². The second-order valence-corrected chi connectivity index (χ2v) is 5.21. The third-order valence-corrected chi connectivity index (χ3v) is 3.45. The number of benzene rings is 2. The Bertz CT molecular complexity index is 860. The lowest BCUT2D eigenvalue weighted by Gasteiger charge is -2.09. The summed E-state index contributed by atoms with van der Waals surface area (Å²) in [6.45, 7) is 0. The lowest BCUT2D eigenvalue weighted by atomic mass is 10.0. The Morgan fingerprint density at radius 1 is 1.04 bits per heavy atom. The number of hydrogen-bond acceptors (Lipinski definition) is 3. The molecule has 23 heavy (non-hydrogen) atoms. The largest absolute Gasteiger partial charge is 0.342 e. The molecule has 0 aliphatic carbocycles. The number of H-pyrrole nitrogens is 1. The summed E-state index contributed by atoms with van der Waals surface area (Å²) < 4.78 is 0. The zero-order valence-electron chi connectivity index (χ0n) is 11.9. The van der Waals surface area contributed by atoms with E-state index >= 15 is 0 Å². The number of aromatic amines is 1. The first-order chi connectivity index (χ1) is 11.1. The highest BCUT2D eigenvalue weighted by molar-refractivity contribution is 6.31. The Balaban J connectivity index is 1.91. The second-order valence-electron chi connectivity index (χ2n) is 4.78. The first kappa shape index (κ1) is 15.0. The number of aromatic nitrogens is 2. The number of nitrogens with one attached hydrogen (secondary N) is 2. The minimum Gasteiger partial charge on any atom is -0.342 e. The van der Waals surface area contributed by atoms with Crippen LogP contribution in [0.5, 0.6) is 0 Å². The minimum absolute atomic E-state index is 0.188. The molecule has 1 aromatic heterocycles. The van der Waals surface area contributed by atoms with Gasteiger partial charge in [0.25, 0.3) is 5.91 Å². The van der Waals surface area contributed by atoms with Gasteiger partial charge >= 0.3 is 0 Å². The lowest BCUT2D eigenvalue weighted by Crippen LogP contribution is -2.17. The number of carbonyl (C=O) groups is 2. The highest BCUT2D eigenvalue weighted by Crippen LogP contribution is 2.18. The fourth-order valence-corrected chi connectivity index (χ4v) is 2.35. The molecule has 0 aliphatic rings. The average Bonchev–Trinajstić information content (AvgIpc) is 3.08. The molecule has 0 aliphatic heterocycles. The Hall–Kier alpha value is -2.92. The fourth-order valence-electron chi connectivity index (χ4n) is 2.16. The molecular weight excluding hydrogens is 314 g/mol. The van der Waals surface area contributed by atoms with Crippen molar-refractivity contribution in [3.05, 3.63) is 82.9 Å². The Morgan fingerprint density at radius 3 is 2.52 bits per heavy atom. The minimum atomic E-state index is -0.386. The maximum Gasteiger partial charge on any atom is 0.256 e. The molecule has 3 rings (SSSR count). The third kappa shape index (κ3) is 3.30. The van der Waals surface area contributed by atoms with Crippen LogP contribution in [0.25, 0.3) is 0 Å². The number of ketones is 1. The molecular formula is C17H12ClN3O2. The van der Waals surface area contributed by atoms with Crippen molar-refractivity contribution >= 4 is 29.0 Å². The van der Waals surface area contributed by atoms with Crippen molar-refractivity contribution in [1.82, 2.24) is 9.97 Å². The number of carbonyl (C=O) groups excluding carboxylic acids is 2. The van der Waals surface area contributed by atoms with Crippen LogP contribution in [0, 0.1) is 0 Å². The SMILES string of the molecule is O=C(Nc1cccc(Cl)c1)c1ccccc1C(=O)c1ncc[nH]1. The van der Waals surface area contributed by atoms with Crippen molar-refractivity contribution < 1.29 is 9.59 Å². The molecule has 0 spiro atoms. The quantitative estimate of drug-likeness (QED) is 0.720. The van der Waals surface area contributed by atoms with Crippen molar-refractivity contribution in [2.45, 2.75) is 0 Å². The van der Waals surface area contributed by atoms with Crippen molar-refractivity contribution in [2.24, 2.45) is 0 Å². The van der Waals surface area contributed by atoms with Crippen LogP contribution < -0.4 is 5.32 Å². The monoisotopic (exact) mass is 325 g/mol. The van der Waals surface area contributed by atoms with Crippen molar-refractivity contribution in [3.8, 4) is 0 Å². The van der Waals surface area contributed by atoms with Gasteiger partial charge in [-0.2, -0.15) is 0 Å². The molecule has 2 N–H and O–H groups in total. The molecule has 2 aromatic carbocycles. The summed E-state index contributed by atoms with van der Waals surface area (Å²) in [5, 5.41) is 3.25. The lowest BCUT2D eigenvalue weighted by molar-refractivity contribution is 0.0992. The summed E-state index contributed by atoms with van der Waals surface area (Å²) in [7, 11) is 0. The summed E-state index contributed by atoms with van der Waals surface area (Å²) in [6, 6.07) is 13.4. The molecule has 1 amide bonds. The van der Waals surface area contributed by atoms with E-state index in [0.29, 0.717) is 10.7 Å². The van der Waals surface area contributed by atoms with E-state index in [9.17, 15) is 9.59 Å². The summed E-state index contributed by atoms with van der Waals surface area (Å²) in [5.74, 6) is -0.539. The normalized spacial score (nSPS) is 10.3. The second kappa shape index (κ2) is 6.46. The smallest absolute Gasteiger partial charge is 0.256 e. The molecule has 0 bridgehead atoms. The summed E-state index contributed by atoms with van der Waals surface area (Å²) >= 11 is 5.91. The first-order valence-corrected chi connectivity index (χ1v) is 7.23. The molecule has 5 nitrogen and oxygen atoms in total. The average molecular weight is 326 g/mol. The molecule has 114 valence electrons. The van der Waals surface area contributed by atoms with E-state index in [0.717, 1.165) is 0 Å². The number of imidazole rings is 1. The molecule has 1 heterocycles. The third-order valence-electron chi connectivity index (χ3n) is 3.21. The highest BCUT2D eigenvalue weighted by Gasteiger charge is 2.19. The number of nitrogens with zero attached hydrogens (tertiary/aromatic N) is 1. The predicted molar refractivity (Wildman–Crippen MR) is 87.9 cm³/mol. The van der Waals surface area contributed by atoms with Gasteiger partial charge in [0.05, 0.1) is 5.56 Å². The van der Waals surface area contributed by atoms with Gasteiger partial charge < -0.3 is 10.3 Å². The van der Waals surface area contributed by atoms with E-state index in [4.69, 9.17) is 11.6 Å². The van der Waals surface area contributed by atoms with E-state index < -0.39 is 0 Å². The molecule has 0 fully saturated rings. The van der Waals surface area contributed by atoms with Gasteiger partial charge in [-0.1, -0.05) is 35.9 Å². The first-order valence-electron chi connectivity index (χ1n) is 6.85. The van der Waals surface area contributed by atoms with Crippen LogP contribution in [-0.4, -0.2) is 21.7 Å². The van der Waals surface area contributed by atoms with Crippen LogP contribution in [0.1, 0.15) is 26.5 Å². The zero-order valence-corrected chi connectivity index (χ0v) is 12.7. The summed E-state index contributed by atoms with van der Waals surface area (Å²) in [5.41, 5.74) is 1.11. The van der Waals surface area contributed by atoms with Crippen LogP contribution in [0.2, 0.25) is 5.02 Å². The Labute approximate surface area is 137 Å². The van der Waals surface area contributed by atoms with Crippen LogP contribution >= 0.6 is 11.6 Å². The molecule has 0 unspecified atom stereocenters. The predicted octanol–water partition coefficient (Wildman–Crippen LogP) is 3.55. The summed E-state index contributed by atoms with van der Waals surface area (Å²) in [4.78, 5) is 31.6. The van der Waals surface area contributed by atoms with Crippen LogP contribution in [0.15, 0.2) is 60.9 Å². The van der Waals surface area contributed by atoms with Gasteiger partial charge in [0, 0.05) is 28.7 Å². The van der Waals surface area contributed by atoms with Crippen LogP contribution in [0.3, 0.4) is 0 Å². The van der Waals surface area contributed by atoms with Crippen molar-refractivity contribution in [2.75, 3.05) is 5.32 Å². The van der Waals surface area contributed by atoms with E-state index in [-0.39, 0.29) is 28.6 Å². The van der Waals surface area contributed by atoms with E-state index in [1.54, 1.807) is 54.7 Å². The van der Waals surface area contributed by atoms with Crippen molar-refractivity contribution in [1.29, 1.82) is 0 Å². The number of rotatable bonds is 4. The number of amides is 1. The van der Waals surface area contributed by atoms with Gasteiger partial charge in [-0.05, 0) is 24.3 Å². The molecule has 0 radical (unpaired) electrons. The van der Waals surface area contributed by atoms with Crippen molar-refractivity contribution in [3.63, 3.8) is 0 Å². The van der Waals surface area contributed by atoms with E-state index in [2.05, 4.69) is 15.3 Å². The molecule has 0 atom stereocenters. The standard InChI is InChI=1S/C17H12ClN3O2/c18-11-4-3-5-12(10-11)21-17(23)14-7-2-1-6-13(14)15(22)16-19-8-9-20-16/h1-10H,(H,19,20)(H,21,23). The molecule has 6 heteroatoms. The van der Waals surface area contributed by atoms with Crippen LogP contribution in [-0.2, 0) is 0 Å². The molecule has 3 aromatic rings. The van der Waals surface area contributed by atoms with Gasteiger partial charge in [0.2, 0.25) is 5.78 Å². The molecule has 0 saturated heterocycles. The van der Waals surface area contributed by atoms with Gasteiger partial charge in [-0.15, -0.1) is 0 Å². The van der Waals surface area contributed by atoms with Crippen LogP contribution in [0.4, 0.5) is 5.69 Å². The maximum absolute atomic E-state index is 12.5. The Kier molecular flexibility index (Phi) is 4.21. The summed E-state index contributed by atoms with van der Waals surface area (Å²) in [6.07, 6.45) is 3.05.